The van der Waals surface area contributed by atoms with Crippen LogP contribution >= 0.6 is 0 Å². The average Bonchev–Trinajstić information content (AvgIpc) is 3.02. The van der Waals surface area contributed by atoms with Crippen LogP contribution in [0.2, 0.25) is 0 Å². The molecule has 3 amide bonds. The summed E-state index contributed by atoms with van der Waals surface area (Å²) in [5.74, 6) is -0.323. The Labute approximate surface area is 141 Å². The van der Waals surface area contributed by atoms with Crippen LogP contribution in [0.1, 0.15) is 26.7 Å². The SMILES string of the molecule is CCCNC(=O)C(C)N1CCC(NC(=O)Nc2ccc(F)cc2)C1. The maximum Gasteiger partial charge on any atom is 0.319 e. The molecule has 1 saturated heterocycles. The Balaban J connectivity index is 1.77. The quantitative estimate of drug-likeness (QED) is 0.743. The van der Waals surface area contributed by atoms with E-state index in [-0.39, 0.29) is 29.8 Å². The van der Waals surface area contributed by atoms with Crippen LogP contribution in [0.15, 0.2) is 24.3 Å². The van der Waals surface area contributed by atoms with E-state index in [1.807, 2.05) is 13.8 Å². The summed E-state index contributed by atoms with van der Waals surface area (Å²) in [5, 5.41) is 8.46. The second kappa shape index (κ2) is 8.63. The van der Waals surface area contributed by atoms with Crippen molar-refractivity contribution in [1.29, 1.82) is 0 Å². The standard InChI is InChI=1S/C17H25FN4O2/c1-3-9-19-16(23)12(2)22-10-8-15(11-22)21-17(24)20-14-6-4-13(18)5-7-14/h4-7,12,15H,3,8-11H2,1-2H3,(H,19,23)(H2,20,21,24). The second-order valence-corrected chi connectivity index (χ2v) is 6.05. The highest BCUT2D eigenvalue weighted by atomic mass is 19.1. The lowest BCUT2D eigenvalue weighted by atomic mass is 10.2. The first-order valence-corrected chi connectivity index (χ1v) is 8.34. The van der Waals surface area contributed by atoms with E-state index in [4.69, 9.17) is 0 Å². The predicted octanol–water partition coefficient (Wildman–Crippen LogP) is 1.94. The lowest BCUT2D eigenvalue weighted by Crippen LogP contribution is -2.46. The smallest absolute Gasteiger partial charge is 0.319 e. The molecule has 1 aromatic carbocycles. The zero-order valence-electron chi connectivity index (χ0n) is 14.1. The van der Waals surface area contributed by atoms with E-state index in [1.54, 1.807) is 0 Å². The number of halogens is 1. The molecule has 7 heteroatoms. The summed E-state index contributed by atoms with van der Waals surface area (Å²) < 4.78 is 12.8. The number of anilines is 1. The van der Waals surface area contributed by atoms with Crippen molar-refractivity contribution in [3.8, 4) is 0 Å². The van der Waals surface area contributed by atoms with Crippen molar-refractivity contribution in [3.05, 3.63) is 30.1 Å². The first-order chi connectivity index (χ1) is 11.5. The van der Waals surface area contributed by atoms with Crippen LogP contribution in [0, 0.1) is 5.82 Å². The first-order valence-electron chi connectivity index (χ1n) is 8.34. The molecule has 6 nitrogen and oxygen atoms in total. The summed E-state index contributed by atoms with van der Waals surface area (Å²) in [5.41, 5.74) is 0.538. The van der Waals surface area contributed by atoms with Crippen molar-refractivity contribution in [3.63, 3.8) is 0 Å². The van der Waals surface area contributed by atoms with Crippen LogP contribution in [0.5, 0.6) is 0 Å². The monoisotopic (exact) mass is 336 g/mol. The maximum atomic E-state index is 12.8. The molecule has 24 heavy (non-hydrogen) atoms. The number of hydrogen-bond acceptors (Lipinski definition) is 3. The molecule has 1 aromatic rings. The molecule has 0 aliphatic carbocycles. The molecule has 132 valence electrons. The van der Waals surface area contributed by atoms with E-state index >= 15 is 0 Å². The van der Waals surface area contributed by atoms with Gasteiger partial charge in [0.2, 0.25) is 5.91 Å². The van der Waals surface area contributed by atoms with Gasteiger partial charge in [0, 0.05) is 31.4 Å². The van der Waals surface area contributed by atoms with Gasteiger partial charge in [0.25, 0.3) is 0 Å². The van der Waals surface area contributed by atoms with E-state index in [1.165, 1.54) is 24.3 Å². The van der Waals surface area contributed by atoms with E-state index in [0.29, 0.717) is 18.8 Å². The topological polar surface area (TPSA) is 73.5 Å². The van der Waals surface area contributed by atoms with Crippen molar-refractivity contribution in [2.45, 2.75) is 38.8 Å². The molecule has 1 fully saturated rings. The molecule has 1 aliphatic rings. The lowest BCUT2D eigenvalue weighted by molar-refractivity contribution is -0.125. The largest absolute Gasteiger partial charge is 0.355 e. The normalized spacial score (nSPS) is 18.9. The van der Waals surface area contributed by atoms with E-state index in [2.05, 4.69) is 20.9 Å². The number of carbonyl (C=O) groups excluding carboxylic acids is 2. The van der Waals surface area contributed by atoms with Crippen LogP contribution in [-0.2, 0) is 4.79 Å². The third kappa shape index (κ3) is 5.19. The van der Waals surface area contributed by atoms with Crippen molar-refractivity contribution in [1.82, 2.24) is 15.5 Å². The highest BCUT2D eigenvalue weighted by Gasteiger charge is 2.30. The van der Waals surface area contributed by atoms with Gasteiger partial charge in [-0.1, -0.05) is 6.92 Å². The minimum atomic E-state index is -0.345. The van der Waals surface area contributed by atoms with Gasteiger partial charge in [0.15, 0.2) is 0 Å². The number of rotatable bonds is 6. The van der Waals surface area contributed by atoms with Gasteiger partial charge < -0.3 is 16.0 Å². The maximum absolute atomic E-state index is 12.8. The Hall–Kier alpha value is -2.15. The molecule has 2 unspecified atom stereocenters. The summed E-state index contributed by atoms with van der Waals surface area (Å²) in [4.78, 5) is 26.1. The zero-order chi connectivity index (χ0) is 17.5. The molecule has 1 aliphatic heterocycles. The van der Waals surface area contributed by atoms with E-state index in [9.17, 15) is 14.0 Å². The predicted molar refractivity (Wildman–Crippen MR) is 91.3 cm³/mol. The molecule has 0 spiro atoms. The van der Waals surface area contributed by atoms with Crippen molar-refractivity contribution in [2.75, 3.05) is 25.0 Å². The van der Waals surface area contributed by atoms with Crippen LogP contribution < -0.4 is 16.0 Å². The van der Waals surface area contributed by atoms with Gasteiger partial charge in [0.1, 0.15) is 5.82 Å². The number of benzene rings is 1. The first kappa shape index (κ1) is 18.2. The molecule has 3 N–H and O–H groups in total. The second-order valence-electron chi connectivity index (χ2n) is 6.05. The number of nitrogens with zero attached hydrogens (tertiary/aromatic N) is 1. The van der Waals surface area contributed by atoms with Gasteiger partial charge in [-0.25, -0.2) is 9.18 Å². The van der Waals surface area contributed by atoms with Gasteiger partial charge in [0.05, 0.1) is 6.04 Å². The number of likely N-dealkylation sites (tertiary alicyclic amines) is 1. The van der Waals surface area contributed by atoms with Gasteiger partial charge in [-0.05, 0) is 44.0 Å². The van der Waals surface area contributed by atoms with Gasteiger partial charge in [-0.3, -0.25) is 9.69 Å². The van der Waals surface area contributed by atoms with Crippen molar-refractivity contribution in [2.24, 2.45) is 0 Å². The average molecular weight is 336 g/mol. The third-order valence-corrected chi connectivity index (χ3v) is 4.13. The molecule has 0 aromatic heterocycles. The zero-order valence-corrected chi connectivity index (χ0v) is 14.1. The molecule has 2 rings (SSSR count). The fourth-order valence-corrected chi connectivity index (χ4v) is 2.70. The third-order valence-electron chi connectivity index (χ3n) is 4.13. The number of hydrogen-bond donors (Lipinski definition) is 3. The Kier molecular flexibility index (Phi) is 6.54. The number of carbonyl (C=O) groups is 2. The summed E-state index contributed by atoms with van der Waals surface area (Å²) in [7, 11) is 0. The van der Waals surface area contributed by atoms with Crippen LogP contribution in [0.25, 0.3) is 0 Å². The minimum absolute atomic E-state index is 0.00752. The van der Waals surface area contributed by atoms with Gasteiger partial charge in [-0.2, -0.15) is 0 Å². The highest BCUT2D eigenvalue weighted by Crippen LogP contribution is 2.14. The van der Waals surface area contributed by atoms with Crippen LogP contribution in [0.3, 0.4) is 0 Å². The fourth-order valence-electron chi connectivity index (χ4n) is 2.70. The lowest BCUT2D eigenvalue weighted by Gasteiger charge is -2.23. The molecule has 0 radical (unpaired) electrons. The molecule has 0 bridgehead atoms. The van der Waals surface area contributed by atoms with Gasteiger partial charge >= 0.3 is 6.03 Å². The Bertz CT molecular complexity index is 564. The Morgan fingerprint density at radius 2 is 2.04 bits per heavy atom. The summed E-state index contributed by atoms with van der Waals surface area (Å²) >= 11 is 0. The number of nitrogens with one attached hydrogen (secondary N) is 3. The molecule has 1 heterocycles. The van der Waals surface area contributed by atoms with Crippen LogP contribution in [-0.4, -0.2) is 48.6 Å². The van der Waals surface area contributed by atoms with E-state index < -0.39 is 0 Å². The summed E-state index contributed by atoms with van der Waals surface area (Å²) in [6.45, 7) is 5.98. The number of amides is 3. The summed E-state index contributed by atoms with van der Waals surface area (Å²) in [6.07, 6.45) is 1.70. The van der Waals surface area contributed by atoms with Crippen molar-refractivity contribution < 1.29 is 14.0 Å². The van der Waals surface area contributed by atoms with Crippen LogP contribution in [0.4, 0.5) is 14.9 Å². The van der Waals surface area contributed by atoms with E-state index in [0.717, 1.165) is 19.4 Å². The molecular formula is C17H25FN4O2. The highest BCUT2D eigenvalue weighted by molar-refractivity contribution is 5.89. The number of urea groups is 1. The Morgan fingerprint density at radius 3 is 2.71 bits per heavy atom. The molecular weight excluding hydrogens is 311 g/mol. The molecule has 2 atom stereocenters. The summed E-state index contributed by atoms with van der Waals surface area (Å²) in [6, 6.07) is 5.07. The molecule has 0 saturated carbocycles. The minimum Gasteiger partial charge on any atom is -0.355 e. The van der Waals surface area contributed by atoms with Gasteiger partial charge in [-0.15, -0.1) is 0 Å². The fraction of sp³-hybridized carbons (Fsp3) is 0.529. The Morgan fingerprint density at radius 1 is 1.33 bits per heavy atom. The van der Waals surface area contributed by atoms with Crippen molar-refractivity contribution >= 4 is 17.6 Å².